The first kappa shape index (κ1) is 19.3. The Labute approximate surface area is 169 Å². The van der Waals surface area contributed by atoms with E-state index in [2.05, 4.69) is 19.9 Å². The lowest BCUT2D eigenvalue weighted by atomic mass is 9.99. The van der Waals surface area contributed by atoms with Crippen LogP contribution in [0.1, 0.15) is 27.3 Å². The Morgan fingerprint density at radius 2 is 2.03 bits per heavy atom. The quantitative estimate of drug-likeness (QED) is 0.639. The third-order valence-electron chi connectivity index (χ3n) is 4.92. The zero-order chi connectivity index (χ0) is 20.3. The predicted octanol–water partition coefficient (Wildman–Crippen LogP) is 1.52. The molecule has 1 amide bonds. The zero-order valence-corrected chi connectivity index (χ0v) is 16.5. The molecular weight excluding hydrogens is 390 g/mol. The summed E-state index contributed by atoms with van der Waals surface area (Å²) in [5.74, 6) is -0.144. The van der Waals surface area contributed by atoms with Crippen molar-refractivity contribution in [1.82, 2.24) is 24.8 Å². The van der Waals surface area contributed by atoms with Crippen LogP contribution in [-0.2, 0) is 29.4 Å². The molecule has 1 aliphatic rings. The first-order valence-corrected chi connectivity index (χ1v) is 10.8. The summed E-state index contributed by atoms with van der Waals surface area (Å²) < 4.78 is 28.0. The number of carbonyl (C=O) groups excluding carboxylic acids is 1. The van der Waals surface area contributed by atoms with E-state index >= 15 is 0 Å². The molecule has 0 saturated heterocycles. The Morgan fingerprint density at radius 1 is 1.14 bits per heavy atom. The van der Waals surface area contributed by atoms with Gasteiger partial charge in [0.25, 0.3) is 5.91 Å². The minimum Gasteiger partial charge on any atom is -0.333 e. The summed E-state index contributed by atoms with van der Waals surface area (Å²) in [6, 6.07) is 12.3. The molecule has 0 atom stereocenters. The molecule has 3 aromatic rings. The monoisotopic (exact) mass is 411 g/mol. The molecule has 2 aromatic heterocycles. The van der Waals surface area contributed by atoms with Gasteiger partial charge in [0, 0.05) is 44.1 Å². The molecule has 0 radical (unpaired) electrons. The molecule has 29 heavy (non-hydrogen) atoms. The van der Waals surface area contributed by atoms with E-state index in [1.807, 2.05) is 24.3 Å². The Balaban J connectivity index is 1.45. The number of benzene rings is 1. The molecular formula is C20H21N5O3S. The number of carbonyl (C=O) groups is 1. The Morgan fingerprint density at radius 3 is 2.79 bits per heavy atom. The molecule has 0 fully saturated rings. The van der Waals surface area contributed by atoms with E-state index in [9.17, 15) is 13.2 Å². The van der Waals surface area contributed by atoms with Crippen molar-refractivity contribution in [2.45, 2.75) is 24.3 Å². The van der Waals surface area contributed by atoms with Crippen molar-refractivity contribution >= 4 is 15.9 Å². The second-order valence-electron chi connectivity index (χ2n) is 6.85. The fourth-order valence-electron chi connectivity index (χ4n) is 3.36. The molecule has 8 nitrogen and oxygen atoms in total. The molecule has 150 valence electrons. The fourth-order valence-corrected chi connectivity index (χ4v) is 4.44. The standard InChI is InChI=1S/C20H21N5O3S/c26-20(19-7-10-22-24-19)25-12-8-15-4-5-18(13-16(15)14-25)29(27,28)23-11-6-17-3-1-2-9-21-17/h1-5,7,9-10,13,23H,6,8,11-12,14H2,(H,22,24). The zero-order valence-electron chi connectivity index (χ0n) is 15.7. The Kier molecular flexibility index (Phi) is 5.41. The second kappa shape index (κ2) is 8.14. The number of aromatic nitrogens is 3. The van der Waals surface area contributed by atoms with Crippen LogP contribution in [0.2, 0.25) is 0 Å². The van der Waals surface area contributed by atoms with Crippen LogP contribution in [0.4, 0.5) is 0 Å². The van der Waals surface area contributed by atoms with E-state index in [0.717, 1.165) is 16.8 Å². The van der Waals surface area contributed by atoms with Crippen molar-refractivity contribution in [3.05, 3.63) is 77.4 Å². The number of aromatic amines is 1. The van der Waals surface area contributed by atoms with Gasteiger partial charge in [0.05, 0.1) is 4.90 Å². The maximum atomic E-state index is 12.7. The molecule has 1 aromatic carbocycles. The molecule has 0 spiro atoms. The fraction of sp³-hybridized carbons (Fsp3) is 0.250. The van der Waals surface area contributed by atoms with Crippen LogP contribution < -0.4 is 4.72 Å². The van der Waals surface area contributed by atoms with Crippen molar-refractivity contribution < 1.29 is 13.2 Å². The summed E-state index contributed by atoms with van der Waals surface area (Å²) in [5, 5.41) is 6.49. The smallest absolute Gasteiger partial charge is 0.272 e. The van der Waals surface area contributed by atoms with E-state index in [0.29, 0.717) is 31.6 Å². The highest BCUT2D eigenvalue weighted by Gasteiger charge is 2.24. The summed E-state index contributed by atoms with van der Waals surface area (Å²) >= 11 is 0. The minimum atomic E-state index is -3.64. The van der Waals surface area contributed by atoms with Gasteiger partial charge in [-0.15, -0.1) is 0 Å². The van der Waals surface area contributed by atoms with Gasteiger partial charge in [0.15, 0.2) is 0 Å². The SMILES string of the molecule is O=C(c1ccn[nH]1)N1CCc2ccc(S(=O)(=O)NCCc3ccccn3)cc2C1. The molecule has 0 bridgehead atoms. The van der Waals surface area contributed by atoms with Gasteiger partial charge in [0.1, 0.15) is 5.69 Å². The molecule has 0 unspecified atom stereocenters. The van der Waals surface area contributed by atoms with Crippen molar-refractivity contribution in [3.8, 4) is 0 Å². The van der Waals surface area contributed by atoms with Crippen molar-refractivity contribution in [2.75, 3.05) is 13.1 Å². The molecule has 9 heteroatoms. The number of pyridine rings is 1. The molecule has 0 aliphatic carbocycles. The Bertz CT molecular complexity index is 1100. The van der Waals surface area contributed by atoms with Crippen LogP contribution in [-0.4, -0.2) is 47.5 Å². The third kappa shape index (κ3) is 4.36. The number of H-pyrrole nitrogens is 1. The number of fused-ring (bicyclic) bond motifs is 1. The summed E-state index contributed by atoms with van der Waals surface area (Å²) in [5.41, 5.74) is 3.16. The Hall–Kier alpha value is -3.04. The summed E-state index contributed by atoms with van der Waals surface area (Å²) in [6.07, 6.45) is 4.41. The lowest BCUT2D eigenvalue weighted by Gasteiger charge is -2.28. The molecule has 1 aliphatic heterocycles. The van der Waals surface area contributed by atoms with Gasteiger partial charge in [-0.2, -0.15) is 5.10 Å². The maximum absolute atomic E-state index is 12.7. The van der Waals surface area contributed by atoms with Crippen molar-refractivity contribution in [2.24, 2.45) is 0 Å². The predicted molar refractivity (Wildman–Crippen MR) is 107 cm³/mol. The normalized spacial score (nSPS) is 13.9. The minimum absolute atomic E-state index is 0.144. The topological polar surface area (TPSA) is 108 Å². The number of nitrogens with one attached hydrogen (secondary N) is 2. The van der Waals surface area contributed by atoms with E-state index in [4.69, 9.17) is 0 Å². The van der Waals surface area contributed by atoms with Gasteiger partial charge in [0.2, 0.25) is 10.0 Å². The lowest BCUT2D eigenvalue weighted by molar-refractivity contribution is 0.0728. The van der Waals surface area contributed by atoms with Gasteiger partial charge in [-0.25, -0.2) is 13.1 Å². The van der Waals surface area contributed by atoms with Crippen LogP contribution in [0.5, 0.6) is 0 Å². The highest BCUT2D eigenvalue weighted by molar-refractivity contribution is 7.89. The largest absolute Gasteiger partial charge is 0.333 e. The molecule has 0 saturated carbocycles. The average molecular weight is 411 g/mol. The highest BCUT2D eigenvalue weighted by Crippen LogP contribution is 2.23. The number of amides is 1. The molecule has 3 heterocycles. The van der Waals surface area contributed by atoms with Gasteiger partial charge in [-0.1, -0.05) is 12.1 Å². The molecule has 4 rings (SSSR count). The van der Waals surface area contributed by atoms with E-state index in [1.54, 1.807) is 29.3 Å². The number of hydrogen-bond acceptors (Lipinski definition) is 5. The van der Waals surface area contributed by atoms with Crippen LogP contribution >= 0.6 is 0 Å². The van der Waals surface area contributed by atoms with Gasteiger partial charge in [-0.05, 0) is 47.9 Å². The summed E-state index contributed by atoms with van der Waals surface area (Å²) in [6.45, 7) is 1.21. The van der Waals surface area contributed by atoms with Crippen molar-refractivity contribution in [1.29, 1.82) is 0 Å². The summed E-state index contributed by atoms with van der Waals surface area (Å²) in [4.78, 5) is 18.6. The number of hydrogen-bond donors (Lipinski definition) is 2. The number of rotatable bonds is 6. The average Bonchev–Trinajstić information content (AvgIpc) is 3.28. The van der Waals surface area contributed by atoms with E-state index < -0.39 is 10.0 Å². The van der Waals surface area contributed by atoms with Gasteiger partial charge < -0.3 is 4.90 Å². The van der Waals surface area contributed by atoms with Crippen LogP contribution in [0.3, 0.4) is 0 Å². The first-order chi connectivity index (χ1) is 14.0. The van der Waals surface area contributed by atoms with E-state index in [-0.39, 0.29) is 17.3 Å². The maximum Gasteiger partial charge on any atom is 0.272 e. The molecule has 2 N–H and O–H groups in total. The van der Waals surface area contributed by atoms with Crippen LogP contribution in [0.15, 0.2) is 59.8 Å². The summed E-state index contributed by atoms with van der Waals surface area (Å²) in [7, 11) is -3.64. The third-order valence-corrected chi connectivity index (χ3v) is 6.38. The number of sulfonamides is 1. The number of nitrogens with zero attached hydrogens (tertiary/aromatic N) is 3. The van der Waals surface area contributed by atoms with Gasteiger partial charge >= 0.3 is 0 Å². The first-order valence-electron chi connectivity index (χ1n) is 9.33. The van der Waals surface area contributed by atoms with Crippen LogP contribution in [0, 0.1) is 0 Å². The lowest BCUT2D eigenvalue weighted by Crippen LogP contribution is -2.36. The second-order valence-corrected chi connectivity index (χ2v) is 8.61. The van der Waals surface area contributed by atoms with E-state index in [1.165, 1.54) is 6.20 Å². The highest BCUT2D eigenvalue weighted by atomic mass is 32.2. The van der Waals surface area contributed by atoms with Crippen LogP contribution in [0.25, 0.3) is 0 Å². The van der Waals surface area contributed by atoms with Crippen molar-refractivity contribution in [3.63, 3.8) is 0 Å². The van der Waals surface area contributed by atoms with Gasteiger partial charge in [-0.3, -0.25) is 14.9 Å².